The Labute approximate surface area is 211 Å². The molecule has 1 aliphatic rings. The molecule has 0 spiro atoms. The summed E-state index contributed by atoms with van der Waals surface area (Å²) in [5.74, 6) is -0.943. The molecule has 2 aromatic rings. The molecule has 1 fully saturated rings. The number of carbonyl (C=O) groups excluding carboxylic acids is 3. The van der Waals surface area contributed by atoms with E-state index in [4.69, 9.17) is 9.47 Å². The quantitative estimate of drug-likeness (QED) is 0.183. The van der Waals surface area contributed by atoms with Crippen molar-refractivity contribution in [1.82, 2.24) is 10.7 Å². The molecule has 0 heterocycles. The van der Waals surface area contributed by atoms with Crippen molar-refractivity contribution in [2.24, 2.45) is 5.10 Å². The number of nitrogens with zero attached hydrogens (tertiary/aromatic N) is 1. The summed E-state index contributed by atoms with van der Waals surface area (Å²) in [5, 5.41) is 9.28. The molecule has 0 aliphatic heterocycles. The van der Waals surface area contributed by atoms with Gasteiger partial charge in [-0.2, -0.15) is 5.10 Å². The highest BCUT2D eigenvalue weighted by Crippen LogP contribution is 2.34. The van der Waals surface area contributed by atoms with Crippen LogP contribution >= 0.6 is 22.6 Å². The second-order valence-electron chi connectivity index (χ2n) is 7.92. The molecule has 180 valence electrons. The first-order chi connectivity index (χ1) is 16.2. The van der Waals surface area contributed by atoms with Gasteiger partial charge in [0.05, 0.1) is 16.4 Å². The summed E-state index contributed by atoms with van der Waals surface area (Å²) in [6.07, 6.45) is 3.19. The Hall–Kier alpha value is -3.15. The monoisotopic (exact) mass is 578 g/mol. The van der Waals surface area contributed by atoms with Crippen LogP contribution in [0.15, 0.2) is 35.4 Å². The lowest BCUT2D eigenvalue weighted by Gasteiger charge is -2.15. The Balaban J connectivity index is 1.62. The number of rotatable bonds is 9. The Morgan fingerprint density at radius 1 is 1.06 bits per heavy atom. The lowest BCUT2D eigenvalue weighted by molar-refractivity contribution is -0.139. The van der Waals surface area contributed by atoms with Crippen molar-refractivity contribution in [3.05, 3.63) is 50.6 Å². The van der Waals surface area contributed by atoms with Crippen molar-refractivity contribution < 1.29 is 23.9 Å². The van der Waals surface area contributed by atoms with E-state index in [0.29, 0.717) is 32.9 Å². The van der Waals surface area contributed by atoms with Gasteiger partial charge in [0.1, 0.15) is 0 Å². The van der Waals surface area contributed by atoms with E-state index in [1.165, 1.54) is 6.21 Å². The summed E-state index contributed by atoms with van der Waals surface area (Å²) >= 11 is 2.08. The summed E-state index contributed by atoms with van der Waals surface area (Å²) in [6, 6.07) is 9.35. The number of hydrazone groups is 1. The summed E-state index contributed by atoms with van der Waals surface area (Å²) in [6.45, 7) is 5.97. The fraction of sp³-hybridized carbons (Fsp3) is 0.333. The first-order valence-corrected chi connectivity index (χ1v) is 11.9. The molecule has 2 aromatic carbocycles. The summed E-state index contributed by atoms with van der Waals surface area (Å²) in [5.41, 5.74) is 5.67. The van der Waals surface area contributed by atoms with Gasteiger partial charge in [-0.15, -0.1) is 0 Å². The third kappa shape index (κ3) is 7.72. The molecule has 0 unspecified atom stereocenters. The van der Waals surface area contributed by atoms with Crippen LogP contribution in [0.5, 0.6) is 11.5 Å². The topological polar surface area (TPSA) is 118 Å². The van der Waals surface area contributed by atoms with Crippen LogP contribution < -0.4 is 25.5 Å². The Kier molecular flexibility index (Phi) is 8.85. The van der Waals surface area contributed by atoms with E-state index < -0.39 is 11.8 Å². The lowest BCUT2D eigenvalue weighted by atomic mass is 10.1. The summed E-state index contributed by atoms with van der Waals surface area (Å²) in [4.78, 5) is 35.9. The number of ether oxygens (including phenoxy) is 2. The molecule has 0 aromatic heterocycles. The Morgan fingerprint density at radius 3 is 2.41 bits per heavy atom. The maximum absolute atomic E-state index is 12.4. The highest BCUT2D eigenvalue weighted by Gasteiger charge is 2.26. The Bertz CT molecular complexity index is 1090. The van der Waals surface area contributed by atoms with Gasteiger partial charge in [-0.1, -0.05) is 6.07 Å². The van der Waals surface area contributed by atoms with Crippen LogP contribution in [0.1, 0.15) is 36.5 Å². The van der Waals surface area contributed by atoms with Crippen molar-refractivity contribution in [3.8, 4) is 11.5 Å². The van der Waals surface area contributed by atoms with Gasteiger partial charge in [0.25, 0.3) is 5.91 Å². The van der Waals surface area contributed by atoms with Crippen LogP contribution in [0.4, 0.5) is 5.69 Å². The van der Waals surface area contributed by atoms with Gasteiger partial charge >= 0.3 is 11.8 Å². The van der Waals surface area contributed by atoms with Gasteiger partial charge in [-0.25, -0.2) is 5.43 Å². The number of hydrogen-bond donors (Lipinski definition) is 3. The lowest BCUT2D eigenvalue weighted by Crippen LogP contribution is -2.38. The van der Waals surface area contributed by atoms with Crippen molar-refractivity contribution in [2.45, 2.75) is 39.7 Å². The molecule has 1 saturated carbocycles. The number of benzene rings is 2. The first kappa shape index (κ1) is 25.5. The number of anilines is 1. The highest BCUT2D eigenvalue weighted by atomic mass is 127. The van der Waals surface area contributed by atoms with Crippen molar-refractivity contribution >= 4 is 52.2 Å². The minimum absolute atomic E-state index is 0.0908. The minimum atomic E-state index is -0.822. The zero-order valence-corrected chi connectivity index (χ0v) is 21.4. The van der Waals surface area contributed by atoms with Crippen molar-refractivity contribution in [3.63, 3.8) is 0 Å². The van der Waals surface area contributed by atoms with Crippen LogP contribution in [-0.4, -0.2) is 43.2 Å². The number of carbonyl (C=O) groups is 3. The molecule has 3 N–H and O–H groups in total. The van der Waals surface area contributed by atoms with Gasteiger partial charge in [0.15, 0.2) is 18.1 Å². The smallest absolute Gasteiger partial charge is 0.329 e. The Morgan fingerprint density at radius 2 is 1.76 bits per heavy atom. The molecule has 0 saturated heterocycles. The predicted octanol–water partition coefficient (Wildman–Crippen LogP) is 3.05. The number of halogens is 1. The van der Waals surface area contributed by atoms with E-state index in [2.05, 4.69) is 43.8 Å². The molecule has 0 bridgehead atoms. The predicted molar refractivity (Wildman–Crippen MR) is 137 cm³/mol. The van der Waals surface area contributed by atoms with Gasteiger partial charge in [-0.05, 0) is 97.2 Å². The molecule has 0 radical (unpaired) electrons. The molecular formula is C24H27IN4O5. The van der Waals surface area contributed by atoms with E-state index in [-0.39, 0.29) is 18.6 Å². The first-order valence-electron chi connectivity index (χ1n) is 10.9. The van der Waals surface area contributed by atoms with Crippen LogP contribution in [0.25, 0.3) is 0 Å². The minimum Gasteiger partial charge on any atom is -0.490 e. The van der Waals surface area contributed by atoms with E-state index in [9.17, 15) is 14.4 Å². The van der Waals surface area contributed by atoms with E-state index >= 15 is 0 Å². The van der Waals surface area contributed by atoms with E-state index in [1.807, 2.05) is 39.0 Å². The van der Waals surface area contributed by atoms with Crippen molar-refractivity contribution in [1.29, 1.82) is 0 Å². The molecule has 1 aliphatic carbocycles. The largest absolute Gasteiger partial charge is 0.490 e. The van der Waals surface area contributed by atoms with Crippen LogP contribution in [0, 0.1) is 17.4 Å². The van der Waals surface area contributed by atoms with Crippen LogP contribution in [0.3, 0.4) is 0 Å². The fourth-order valence-electron chi connectivity index (χ4n) is 3.14. The second kappa shape index (κ2) is 11.8. The zero-order chi connectivity index (χ0) is 24.7. The van der Waals surface area contributed by atoms with E-state index in [0.717, 1.165) is 24.0 Å². The standard InChI is InChI=1S/C24H27IN4O5/c1-4-33-20-11-16(12-26-29-24(32)23(31)28-17-5-6-17)10-19(25)22(20)34-13-21(30)27-18-8-14(2)7-15(3)9-18/h7-12,17H,4-6,13H2,1-3H3,(H,27,30)(H,28,31)(H,29,32)/b26-12-. The van der Waals surface area contributed by atoms with Crippen molar-refractivity contribution in [2.75, 3.05) is 18.5 Å². The SMILES string of the molecule is CCOc1cc(/C=N\NC(=O)C(=O)NC2CC2)cc(I)c1OCC(=O)Nc1cc(C)cc(C)c1. The molecule has 9 nitrogen and oxygen atoms in total. The van der Waals surface area contributed by atoms with E-state index in [1.54, 1.807) is 12.1 Å². The molecule has 34 heavy (non-hydrogen) atoms. The number of amides is 3. The van der Waals surface area contributed by atoms with Gasteiger partial charge < -0.3 is 20.1 Å². The third-order valence-electron chi connectivity index (χ3n) is 4.68. The van der Waals surface area contributed by atoms with Gasteiger partial charge in [-0.3, -0.25) is 14.4 Å². The average molecular weight is 578 g/mol. The maximum atomic E-state index is 12.4. The van der Waals surface area contributed by atoms with Gasteiger partial charge in [0.2, 0.25) is 0 Å². The van der Waals surface area contributed by atoms with Crippen LogP contribution in [0.2, 0.25) is 0 Å². The third-order valence-corrected chi connectivity index (χ3v) is 5.48. The second-order valence-corrected chi connectivity index (χ2v) is 9.09. The normalized spacial score (nSPS) is 12.8. The average Bonchev–Trinajstić information content (AvgIpc) is 3.56. The molecule has 3 rings (SSSR count). The molecule has 0 atom stereocenters. The summed E-state index contributed by atoms with van der Waals surface area (Å²) in [7, 11) is 0. The zero-order valence-electron chi connectivity index (χ0n) is 19.2. The number of aryl methyl sites for hydroxylation is 2. The summed E-state index contributed by atoms with van der Waals surface area (Å²) < 4.78 is 12.2. The highest BCUT2D eigenvalue weighted by molar-refractivity contribution is 14.1. The fourth-order valence-corrected chi connectivity index (χ4v) is 3.92. The molecule has 3 amide bonds. The number of hydrogen-bond acceptors (Lipinski definition) is 6. The van der Waals surface area contributed by atoms with Gasteiger partial charge in [0, 0.05) is 11.7 Å². The van der Waals surface area contributed by atoms with Crippen LogP contribution in [-0.2, 0) is 14.4 Å². The maximum Gasteiger partial charge on any atom is 0.329 e. The number of nitrogens with one attached hydrogen (secondary N) is 3. The molecule has 10 heteroatoms. The molecular weight excluding hydrogens is 551 g/mol.